The van der Waals surface area contributed by atoms with E-state index in [1.54, 1.807) is 0 Å². The first-order valence-corrected chi connectivity index (χ1v) is 7.75. The molecule has 1 N–H and O–H groups in total. The molecule has 1 aliphatic rings. The van der Waals surface area contributed by atoms with Crippen LogP contribution in [-0.4, -0.2) is 49.8 Å². The van der Waals surface area contributed by atoms with Crippen LogP contribution in [0.4, 0.5) is 0 Å². The molecule has 1 aliphatic heterocycles. The average molecular weight is 256 g/mol. The molecule has 0 amide bonds. The van der Waals surface area contributed by atoms with Crippen LogP contribution in [0.3, 0.4) is 0 Å². The normalized spacial score (nSPS) is 19.3. The van der Waals surface area contributed by atoms with Gasteiger partial charge >= 0.3 is 0 Å². The number of likely N-dealkylation sites (N-methyl/N-ethyl adjacent to an activating group) is 1. The number of rotatable bonds is 9. The highest BCUT2D eigenvalue weighted by Gasteiger charge is 2.41. The van der Waals surface area contributed by atoms with Gasteiger partial charge in [-0.05, 0) is 52.2 Å². The third kappa shape index (κ3) is 3.46. The van der Waals surface area contributed by atoms with Crippen molar-refractivity contribution < 1.29 is 4.74 Å². The highest BCUT2D eigenvalue weighted by molar-refractivity contribution is 5.00. The largest absolute Gasteiger partial charge is 0.380 e. The van der Waals surface area contributed by atoms with E-state index in [2.05, 4.69) is 38.0 Å². The fourth-order valence-corrected chi connectivity index (χ4v) is 3.43. The Bertz CT molecular complexity index is 211. The molecule has 0 aliphatic carbocycles. The Morgan fingerprint density at radius 1 is 1.17 bits per heavy atom. The molecule has 1 saturated heterocycles. The first-order valence-electron chi connectivity index (χ1n) is 7.75. The molecule has 1 atom stereocenters. The second-order valence-corrected chi connectivity index (χ2v) is 5.42. The smallest absolute Gasteiger partial charge is 0.0637 e. The molecule has 0 spiro atoms. The van der Waals surface area contributed by atoms with Crippen molar-refractivity contribution in [3.8, 4) is 0 Å². The molecule has 0 radical (unpaired) electrons. The second-order valence-electron chi connectivity index (χ2n) is 5.42. The summed E-state index contributed by atoms with van der Waals surface area (Å²) in [5.41, 5.74) is 0.277. The first-order chi connectivity index (χ1) is 8.75. The number of hydrogen-bond donors (Lipinski definition) is 1. The van der Waals surface area contributed by atoms with Gasteiger partial charge in [-0.25, -0.2) is 0 Å². The van der Waals surface area contributed by atoms with Crippen LogP contribution in [0.5, 0.6) is 0 Å². The standard InChI is InChI=1S/C15H32N2O/c1-5-12-18-13-14(16-4)15(6-2,7-3)17-10-8-9-11-17/h14,16H,5-13H2,1-4H3. The predicted octanol–water partition coefficient (Wildman–Crippen LogP) is 2.66. The Labute approximate surface area is 113 Å². The van der Waals surface area contributed by atoms with Gasteiger partial charge in [-0.3, -0.25) is 4.90 Å². The Morgan fingerprint density at radius 2 is 1.78 bits per heavy atom. The van der Waals surface area contributed by atoms with Gasteiger partial charge in [0.25, 0.3) is 0 Å². The lowest BCUT2D eigenvalue weighted by molar-refractivity contribution is 0.0138. The summed E-state index contributed by atoms with van der Waals surface area (Å²) in [7, 11) is 2.08. The van der Waals surface area contributed by atoms with Crippen LogP contribution < -0.4 is 5.32 Å². The molecule has 18 heavy (non-hydrogen) atoms. The zero-order valence-corrected chi connectivity index (χ0v) is 12.8. The van der Waals surface area contributed by atoms with Crippen LogP contribution in [0, 0.1) is 0 Å². The molecule has 108 valence electrons. The van der Waals surface area contributed by atoms with Gasteiger partial charge in [0.15, 0.2) is 0 Å². The highest BCUT2D eigenvalue weighted by atomic mass is 16.5. The average Bonchev–Trinajstić information content (AvgIpc) is 2.93. The number of ether oxygens (including phenoxy) is 1. The molecule has 0 bridgehead atoms. The number of hydrogen-bond acceptors (Lipinski definition) is 3. The van der Waals surface area contributed by atoms with Crippen LogP contribution in [0.15, 0.2) is 0 Å². The molecular weight excluding hydrogens is 224 g/mol. The van der Waals surface area contributed by atoms with Crippen molar-refractivity contribution in [3.05, 3.63) is 0 Å². The molecule has 0 aromatic rings. The summed E-state index contributed by atoms with van der Waals surface area (Å²) >= 11 is 0. The summed E-state index contributed by atoms with van der Waals surface area (Å²) in [5.74, 6) is 0. The zero-order valence-electron chi connectivity index (χ0n) is 12.8. The van der Waals surface area contributed by atoms with Gasteiger partial charge in [0.2, 0.25) is 0 Å². The minimum Gasteiger partial charge on any atom is -0.380 e. The molecule has 3 heteroatoms. The lowest BCUT2D eigenvalue weighted by Gasteiger charge is -2.46. The van der Waals surface area contributed by atoms with Crippen molar-refractivity contribution >= 4 is 0 Å². The van der Waals surface area contributed by atoms with Gasteiger partial charge in [0.05, 0.1) is 6.61 Å². The fraction of sp³-hybridized carbons (Fsp3) is 1.00. The Morgan fingerprint density at radius 3 is 2.22 bits per heavy atom. The van der Waals surface area contributed by atoms with Crippen molar-refractivity contribution in [2.24, 2.45) is 0 Å². The third-order valence-corrected chi connectivity index (χ3v) is 4.59. The molecule has 3 nitrogen and oxygen atoms in total. The van der Waals surface area contributed by atoms with Crippen molar-refractivity contribution in [3.63, 3.8) is 0 Å². The topological polar surface area (TPSA) is 24.5 Å². The van der Waals surface area contributed by atoms with Crippen LogP contribution in [0.2, 0.25) is 0 Å². The van der Waals surface area contributed by atoms with E-state index in [9.17, 15) is 0 Å². The van der Waals surface area contributed by atoms with Gasteiger partial charge in [-0.15, -0.1) is 0 Å². The van der Waals surface area contributed by atoms with Gasteiger partial charge in [-0.1, -0.05) is 20.8 Å². The van der Waals surface area contributed by atoms with Crippen molar-refractivity contribution in [1.82, 2.24) is 10.2 Å². The summed E-state index contributed by atoms with van der Waals surface area (Å²) in [4.78, 5) is 2.70. The first kappa shape index (κ1) is 15.9. The van der Waals surface area contributed by atoms with E-state index in [1.807, 2.05) is 0 Å². The number of nitrogens with zero attached hydrogens (tertiary/aromatic N) is 1. The third-order valence-electron chi connectivity index (χ3n) is 4.59. The maximum absolute atomic E-state index is 5.82. The quantitative estimate of drug-likeness (QED) is 0.642. The Hall–Kier alpha value is -0.120. The number of likely N-dealkylation sites (tertiary alicyclic amines) is 1. The van der Waals surface area contributed by atoms with Crippen molar-refractivity contribution in [1.29, 1.82) is 0 Å². The van der Waals surface area contributed by atoms with Crippen LogP contribution >= 0.6 is 0 Å². The summed E-state index contributed by atoms with van der Waals surface area (Å²) in [5, 5.41) is 3.51. The van der Waals surface area contributed by atoms with Crippen LogP contribution in [0.1, 0.15) is 52.9 Å². The summed E-state index contributed by atoms with van der Waals surface area (Å²) in [6.07, 6.45) is 6.21. The molecule has 1 unspecified atom stereocenters. The number of nitrogens with one attached hydrogen (secondary N) is 1. The van der Waals surface area contributed by atoms with E-state index < -0.39 is 0 Å². The maximum Gasteiger partial charge on any atom is 0.0637 e. The zero-order chi connectivity index (χ0) is 13.4. The molecule has 1 fully saturated rings. The lowest BCUT2D eigenvalue weighted by atomic mass is 9.83. The Kier molecular flexibility index (Phi) is 7.20. The molecule has 0 saturated carbocycles. The van der Waals surface area contributed by atoms with Crippen LogP contribution in [-0.2, 0) is 4.74 Å². The van der Waals surface area contributed by atoms with E-state index in [1.165, 1.54) is 38.8 Å². The lowest BCUT2D eigenvalue weighted by Crippen LogP contribution is -2.61. The summed E-state index contributed by atoms with van der Waals surface area (Å²) in [6.45, 7) is 11.0. The van der Waals surface area contributed by atoms with Crippen LogP contribution in [0.25, 0.3) is 0 Å². The van der Waals surface area contributed by atoms with Gasteiger partial charge in [0.1, 0.15) is 0 Å². The minimum atomic E-state index is 0.277. The summed E-state index contributed by atoms with van der Waals surface area (Å²) in [6, 6.07) is 0.442. The van der Waals surface area contributed by atoms with E-state index >= 15 is 0 Å². The van der Waals surface area contributed by atoms with E-state index in [0.29, 0.717) is 6.04 Å². The fourth-order valence-electron chi connectivity index (χ4n) is 3.43. The van der Waals surface area contributed by atoms with Gasteiger partial charge in [0, 0.05) is 18.2 Å². The van der Waals surface area contributed by atoms with E-state index in [-0.39, 0.29) is 5.54 Å². The van der Waals surface area contributed by atoms with E-state index in [0.717, 1.165) is 19.6 Å². The SMILES string of the molecule is CCCOCC(NC)C(CC)(CC)N1CCCC1. The molecule has 0 aromatic carbocycles. The second kappa shape index (κ2) is 8.13. The molecular formula is C15H32N2O. The van der Waals surface area contributed by atoms with Gasteiger partial charge in [-0.2, -0.15) is 0 Å². The minimum absolute atomic E-state index is 0.277. The maximum atomic E-state index is 5.82. The van der Waals surface area contributed by atoms with Gasteiger partial charge < -0.3 is 10.1 Å². The molecule has 1 heterocycles. The Balaban J connectivity index is 2.71. The highest BCUT2D eigenvalue weighted by Crippen LogP contribution is 2.31. The summed E-state index contributed by atoms with van der Waals surface area (Å²) < 4.78 is 5.82. The van der Waals surface area contributed by atoms with E-state index in [4.69, 9.17) is 4.74 Å². The monoisotopic (exact) mass is 256 g/mol. The predicted molar refractivity (Wildman–Crippen MR) is 78.1 cm³/mol. The van der Waals surface area contributed by atoms with Crippen molar-refractivity contribution in [2.75, 3.05) is 33.4 Å². The molecule has 1 rings (SSSR count). The van der Waals surface area contributed by atoms with Crippen molar-refractivity contribution in [2.45, 2.75) is 64.5 Å². The molecule has 0 aromatic heterocycles.